The van der Waals surface area contributed by atoms with Gasteiger partial charge in [-0.05, 0) is 17.7 Å². The van der Waals surface area contributed by atoms with Crippen LogP contribution in [0.5, 0.6) is 0 Å². The number of halogens is 1. The molecule has 22 heavy (non-hydrogen) atoms. The van der Waals surface area contributed by atoms with Crippen LogP contribution >= 0.6 is 11.8 Å². The number of nitrogen functional groups attached to an aromatic ring is 2. The predicted octanol–water partition coefficient (Wildman–Crippen LogP) is 0.926. The number of anilines is 2. The largest absolute Gasteiger partial charge is 0.368 e. The fourth-order valence-corrected chi connectivity index (χ4v) is 2.43. The normalized spacial score (nSPS) is 10.5. The fourth-order valence-electron chi connectivity index (χ4n) is 1.64. The van der Waals surface area contributed by atoms with Gasteiger partial charge in [-0.2, -0.15) is 15.0 Å². The third-order valence-electron chi connectivity index (χ3n) is 2.73. The average Bonchev–Trinajstić information content (AvgIpc) is 2.46. The molecule has 1 aromatic carbocycles. The molecular weight excluding hydrogens is 307 g/mol. The molecule has 0 saturated heterocycles. The molecule has 1 heterocycles. The van der Waals surface area contributed by atoms with Gasteiger partial charge in [0.1, 0.15) is 5.82 Å². The standard InChI is InChI=1S/C13H15FN6OS/c1-20(6-8-2-4-9(14)5-3-8)10(21)7-22-13-18-11(15)17-12(16)19-13/h2-5H,6-7H2,1H3,(H4,15,16,17,18,19). The third-order valence-corrected chi connectivity index (χ3v) is 3.57. The molecule has 0 bridgehead atoms. The Morgan fingerprint density at radius 3 is 2.36 bits per heavy atom. The fraction of sp³-hybridized carbons (Fsp3) is 0.231. The van der Waals surface area contributed by atoms with Gasteiger partial charge in [-0.25, -0.2) is 4.39 Å². The highest BCUT2D eigenvalue weighted by atomic mass is 32.2. The third kappa shape index (κ3) is 4.55. The van der Waals surface area contributed by atoms with Gasteiger partial charge < -0.3 is 16.4 Å². The van der Waals surface area contributed by atoms with Crippen LogP contribution in [0.1, 0.15) is 5.56 Å². The maximum atomic E-state index is 12.8. The van der Waals surface area contributed by atoms with E-state index in [1.54, 1.807) is 19.2 Å². The molecule has 0 aliphatic carbocycles. The molecule has 116 valence electrons. The number of nitrogens with two attached hydrogens (primary N) is 2. The van der Waals surface area contributed by atoms with Gasteiger partial charge in [-0.15, -0.1) is 0 Å². The second kappa shape index (κ2) is 7.03. The highest BCUT2D eigenvalue weighted by Gasteiger charge is 2.12. The van der Waals surface area contributed by atoms with E-state index in [2.05, 4.69) is 15.0 Å². The quantitative estimate of drug-likeness (QED) is 0.787. The molecule has 0 spiro atoms. The van der Waals surface area contributed by atoms with Crippen LogP contribution in [0.3, 0.4) is 0 Å². The van der Waals surface area contributed by atoms with Crippen molar-refractivity contribution in [1.82, 2.24) is 19.9 Å². The van der Waals surface area contributed by atoms with Crippen molar-refractivity contribution < 1.29 is 9.18 Å². The zero-order chi connectivity index (χ0) is 16.1. The number of carbonyl (C=O) groups excluding carboxylic acids is 1. The van der Waals surface area contributed by atoms with Crippen LogP contribution in [0.25, 0.3) is 0 Å². The number of nitrogens with zero attached hydrogens (tertiary/aromatic N) is 4. The first kappa shape index (κ1) is 16.0. The zero-order valence-electron chi connectivity index (χ0n) is 11.9. The van der Waals surface area contributed by atoms with Crippen molar-refractivity contribution >= 4 is 29.6 Å². The van der Waals surface area contributed by atoms with Gasteiger partial charge in [0.25, 0.3) is 0 Å². The number of hydrogen-bond acceptors (Lipinski definition) is 7. The van der Waals surface area contributed by atoms with Crippen LogP contribution in [0.2, 0.25) is 0 Å². The van der Waals surface area contributed by atoms with E-state index in [-0.39, 0.29) is 29.4 Å². The van der Waals surface area contributed by atoms with Crippen molar-refractivity contribution in [2.24, 2.45) is 0 Å². The lowest BCUT2D eigenvalue weighted by Crippen LogP contribution is -2.27. The summed E-state index contributed by atoms with van der Waals surface area (Å²) in [5.74, 6) is -0.255. The van der Waals surface area contributed by atoms with E-state index < -0.39 is 0 Å². The Morgan fingerprint density at radius 2 is 1.77 bits per heavy atom. The highest BCUT2D eigenvalue weighted by Crippen LogP contribution is 2.15. The molecule has 0 radical (unpaired) electrons. The highest BCUT2D eigenvalue weighted by molar-refractivity contribution is 7.99. The Labute approximate surface area is 130 Å². The van der Waals surface area contributed by atoms with Crippen molar-refractivity contribution in [2.75, 3.05) is 24.3 Å². The van der Waals surface area contributed by atoms with Gasteiger partial charge in [0.2, 0.25) is 17.8 Å². The van der Waals surface area contributed by atoms with Crippen molar-refractivity contribution in [2.45, 2.75) is 11.7 Å². The maximum Gasteiger partial charge on any atom is 0.233 e. The summed E-state index contributed by atoms with van der Waals surface area (Å²) in [4.78, 5) is 25.0. The number of aromatic nitrogens is 3. The summed E-state index contributed by atoms with van der Waals surface area (Å²) in [6.07, 6.45) is 0. The molecular formula is C13H15FN6OS. The summed E-state index contributed by atoms with van der Waals surface area (Å²) in [5.41, 5.74) is 11.8. The SMILES string of the molecule is CN(Cc1ccc(F)cc1)C(=O)CSc1nc(N)nc(N)n1. The number of amides is 1. The second-order valence-corrected chi connectivity index (χ2v) is 5.44. The molecule has 0 saturated carbocycles. The lowest BCUT2D eigenvalue weighted by molar-refractivity contribution is -0.127. The monoisotopic (exact) mass is 322 g/mol. The van der Waals surface area contributed by atoms with Crippen molar-refractivity contribution in [1.29, 1.82) is 0 Å². The van der Waals surface area contributed by atoms with Crippen LogP contribution in [0.15, 0.2) is 29.4 Å². The Morgan fingerprint density at radius 1 is 1.18 bits per heavy atom. The van der Waals surface area contributed by atoms with Gasteiger partial charge >= 0.3 is 0 Å². The molecule has 0 unspecified atom stereocenters. The molecule has 2 aromatic rings. The first-order valence-corrected chi connectivity index (χ1v) is 7.31. The Kier molecular flexibility index (Phi) is 5.10. The summed E-state index contributed by atoms with van der Waals surface area (Å²) in [6.45, 7) is 0.390. The van der Waals surface area contributed by atoms with E-state index in [4.69, 9.17) is 11.5 Å². The molecule has 7 nitrogen and oxygen atoms in total. The van der Waals surface area contributed by atoms with E-state index in [1.807, 2.05) is 0 Å². The Hall–Kier alpha value is -2.42. The summed E-state index contributed by atoms with van der Waals surface area (Å²) in [5, 5.41) is 0.300. The minimum atomic E-state index is -0.307. The average molecular weight is 322 g/mol. The lowest BCUT2D eigenvalue weighted by Gasteiger charge is -2.16. The summed E-state index contributed by atoms with van der Waals surface area (Å²) < 4.78 is 12.8. The molecule has 0 aliphatic rings. The van der Waals surface area contributed by atoms with Gasteiger partial charge in [-0.1, -0.05) is 23.9 Å². The predicted molar refractivity (Wildman–Crippen MR) is 82.2 cm³/mol. The second-order valence-electron chi connectivity index (χ2n) is 4.50. The van der Waals surface area contributed by atoms with Crippen LogP contribution in [-0.2, 0) is 11.3 Å². The molecule has 0 fully saturated rings. The Bertz CT molecular complexity index is 646. The number of benzene rings is 1. The van der Waals surface area contributed by atoms with E-state index in [0.717, 1.165) is 17.3 Å². The Balaban J connectivity index is 1.89. The summed E-state index contributed by atoms with van der Waals surface area (Å²) >= 11 is 1.12. The van der Waals surface area contributed by atoms with Gasteiger partial charge in [0.15, 0.2) is 5.16 Å². The van der Waals surface area contributed by atoms with Crippen molar-refractivity contribution in [3.63, 3.8) is 0 Å². The maximum absolute atomic E-state index is 12.8. The lowest BCUT2D eigenvalue weighted by atomic mass is 10.2. The smallest absolute Gasteiger partial charge is 0.233 e. The summed E-state index contributed by atoms with van der Waals surface area (Å²) in [6, 6.07) is 6.00. The minimum absolute atomic E-state index is 0.0158. The molecule has 4 N–H and O–H groups in total. The van der Waals surface area contributed by atoms with Crippen LogP contribution in [0, 0.1) is 5.82 Å². The molecule has 2 rings (SSSR count). The number of hydrogen-bond donors (Lipinski definition) is 2. The molecule has 0 atom stereocenters. The number of carbonyl (C=O) groups is 1. The van der Waals surface area contributed by atoms with E-state index in [0.29, 0.717) is 11.7 Å². The van der Waals surface area contributed by atoms with Gasteiger partial charge in [-0.3, -0.25) is 4.79 Å². The molecule has 9 heteroatoms. The molecule has 1 aromatic heterocycles. The number of rotatable bonds is 5. The van der Waals surface area contributed by atoms with E-state index >= 15 is 0 Å². The van der Waals surface area contributed by atoms with E-state index in [1.165, 1.54) is 17.0 Å². The van der Waals surface area contributed by atoms with Gasteiger partial charge in [0, 0.05) is 13.6 Å². The molecule has 0 aliphatic heterocycles. The van der Waals surface area contributed by atoms with Crippen molar-refractivity contribution in [3.8, 4) is 0 Å². The van der Waals surface area contributed by atoms with Crippen LogP contribution in [0.4, 0.5) is 16.3 Å². The first-order valence-electron chi connectivity index (χ1n) is 6.32. The van der Waals surface area contributed by atoms with Crippen LogP contribution in [-0.4, -0.2) is 38.6 Å². The van der Waals surface area contributed by atoms with Gasteiger partial charge in [0.05, 0.1) is 5.75 Å². The van der Waals surface area contributed by atoms with E-state index in [9.17, 15) is 9.18 Å². The van der Waals surface area contributed by atoms with Crippen LogP contribution < -0.4 is 11.5 Å². The first-order chi connectivity index (χ1) is 10.4. The number of thioether (sulfide) groups is 1. The zero-order valence-corrected chi connectivity index (χ0v) is 12.7. The molecule has 1 amide bonds. The van der Waals surface area contributed by atoms with Crippen molar-refractivity contribution in [3.05, 3.63) is 35.6 Å². The topological polar surface area (TPSA) is 111 Å². The minimum Gasteiger partial charge on any atom is -0.368 e. The summed E-state index contributed by atoms with van der Waals surface area (Å²) in [7, 11) is 1.67.